The van der Waals surface area contributed by atoms with Crippen LogP contribution in [-0.2, 0) is 14.8 Å². The van der Waals surface area contributed by atoms with Gasteiger partial charge in [0.1, 0.15) is 0 Å². The highest BCUT2D eigenvalue weighted by Gasteiger charge is 2.20. The number of hydrogen-bond acceptors (Lipinski definition) is 4. The van der Waals surface area contributed by atoms with Gasteiger partial charge in [0.15, 0.2) is 5.96 Å². The number of ether oxygens (including phenoxy) is 1. The van der Waals surface area contributed by atoms with Gasteiger partial charge in [-0.25, -0.2) is 13.1 Å². The molecule has 8 heteroatoms. The van der Waals surface area contributed by atoms with Gasteiger partial charge in [0.05, 0.1) is 5.75 Å². The summed E-state index contributed by atoms with van der Waals surface area (Å²) in [5, 5.41) is 6.37. The molecule has 0 heterocycles. The van der Waals surface area contributed by atoms with Crippen LogP contribution in [0, 0.1) is 5.92 Å². The molecule has 22 heavy (non-hydrogen) atoms. The van der Waals surface area contributed by atoms with Crippen molar-refractivity contribution in [3.05, 3.63) is 0 Å². The Balaban J connectivity index is 1.95. The molecule has 1 saturated carbocycles. The van der Waals surface area contributed by atoms with Gasteiger partial charge >= 0.3 is 0 Å². The molecule has 0 spiro atoms. The van der Waals surface area contributed by atoms with Crippen molar-refractivity contribution >= 4 is 16.0 Å². The Morgan fingerprint density at radius 2 is 1.86 bits per heavy atom. The van der Waals surface area contributed by atoms with E-state index in [0.717, 1.165) is 38.1 Å². The quantitative estimate of drug-likeness (QED) is 0.271. The van der Waals surface area contributed by atoms with E-state index in [1.54, 1.807) is 14.0 Å². The molecule has 3 N–H and O–H groups in total. The highest BCUT2D eigenvalue weighted by molar-refractivity contribution is 7.89. The Labute approximate surface area is 134 Å². The average Bonchev–Trinajstić information content (AvgIpc) is 3.32. The molecule has 1 aliphatic rings. The standard InChI is InChI=1S/C14H30N4O3S/c1-3-22(19,20)18-10-4-8-16-14(15-2)17-9-5-11-21-12-13-6-7-13/h13,18H,3-12H2,1-2H3,(H2,15,16,17). The molecular weight excluding hydrogens is 304 g/mol. The van der Waals surface area contributed by atoms with Crippen molar-refractivity contribution in [1.29, 1.82) is 0 Å². The fourth-order valence-corrected chi connectivity index (χ4v) is 2.42. The van der Waals surface area contributed by atoms with Crippen LogP contribution in [0.3, 0.4) is 0 Å². The van der Waals surface area contributed by atoms with E-state index in [2.05, 4.69) is 20.3 Å². The SMILES string of the molecule is CCS(=O)(=O)NCCCNC(=NC)NCCCOCC1CC1. The van der Waals surface area contributed by atoms with Crippen LogP contribution in [0.25, 0.3) is 0 Å². The molecule has 130 valence electrons. The molecule has 0 aromatic carbocycles. The molecule has 0 aromatic heterocycles. The molecule has 1 fully saturated rings. The van der Waals surface area contributed by atoms with E-state index in [1.165, 1.54) is 12.8 Å². The van der Waals surface area contributed by atoms with Crippen molar-refractivity contribution in [3.63, 3.8) is 0 Å². The Morgan fingerprint density at radius 1 is 1.18 bits per heavy atom. The predicted octanol–water partition coefficient (Wildman–Crippen LogP) is 0.298. The van der Waals surface area contributed by atoms with Gasteiger partial charge in [-0.3, -0.25) is 4.99 Å². The summed E-state index contributed by atoms with van der Waals surface area (Å²) < 4.78 is 30.6. The number of rotatable bonds is 12. The van der Waals surface area contributed by atoms with Crippen LogP contribution in [0.15, 0.2) is 4.99 Å². The summed E-state index contributed by atoms with van der Waals surface area (Å²) in [6.45, 7) is 5.23. The maximum Gasteiger partial charge on any atom is 0.211 e. The summed E-state index contributed by atoms with van der Waals surface area (Å²) >= 11 is 0. The molecule has 0 bridgehead atoms. The number of guanidine groups is 1. The normalized spacial score (nSPS) is 15.8. The molecular formula is C14H30N4O3S. The number of nitrogens with zero attached hydrogens (tertiary/aromatic N) is 1. The zero-order chi connectivity index (χ0) is 16.3. The second-order valence-corrected chi connectivity index (χ2v) is 7.54. The first-order valence-electron chi connectivity index (χ1n) is 8.07. The van der Waals surface area contributed by atoms with Gasteiger partial charge in [0, 0.05) is 39.9 Å². The lowest BCUT2D eigenvalue weighted by Crippen LogP contribution is -2.39. The molecule has 0 radical (unpaired) electrons. The van der Waals surface area contributed by atoms with E-state index >= 15 is 0 Å². The minimum atomic E-state index is -3.09. The largest absolute Gasteiger partial charge is 0.381 e. The van der Waals surface area contributed by atoms with Gasteiger partial charge in [-0.1, -0.05) is 0 Å². The molecule has 0 atom stereocenters. The fourth-order valence-electron chi connectivity index (χ4n) is 1.76. The van der Waals surface area contributed by atoms with E-state index in [0.29, 0.717) is 19.5 Å². The highest BCUT2D eigenvalue weighted by atomic mass is 32.2. The highest BCUT2D eigenvalue weighted by Crippen LogP contribution is 2.28. The number of sulfonamides is 1. The second-order valence-electron chi connectivity index (χ2n) is 5.45. The third kappa shape index (κ3) is 9.97. The van der Waals surface area contributed by atoms with Crippen molar-refractivity contribution in [2.75, 3.05) is 45.6 Å². The minimum absolute atomic E-state index is 0.118. The molecule has 0 aliphatic heterocycles. The topological polar surface area (TPSA) is 91.8 Å². The fraction of sp³-hybridized carbons (Fsp3) is 0.929. The Kier molecular flexibility index (Phi) is 9.42. The number of hydrogen-bond donors (Lipinski definition) is 3. The van der Waals surface area contributed by atoms with E-state index in [1.807, 2.05) is 0 Å². The van der Waals surface area contributed by atoms with Crippen molar-refractivity contribution in [2.24, 2.45) is 10.9 Å². The van der Waals surface area contributed by atoms with Crippen molar-refractivity contribution in [1.82, 2.24) is 15.4 Å². The summed E-state index contributed by atoms with van der Waals surface area (Å²) in [6, 6.07) is 0. The first-order valence-corrected chi connectivity index (χ1v) is 9.72. The minimum Gasteiger partial charge on any atom is -0.381 e. The van der Waals surface area contributed by atoms with E-state index < -0.39 is 10.0 Å². The third-order valence-electron chi connectivity index (χ3n) is 3.38. The average molecular weight is 334 g/mol. The van der Waals surface area contributed by atoms with Crippen LogP contribution in [0.4, 0.5) is 0 Å². The van der Waals surface area contributed by atoms with E-state index in [4.69, 9.17) is 4.74 Å². The monoisotopic (exact) mass is 334 g/mol. The lowest BCUT2D eigenvalue weighted by atomic mass is 10.4. The van der Waals surface area contributed by atoms with Crippen LogP contribution < -0.4 is 15.4 Å². The first-order chi connectivity index (χ1) is 10.6. The van der Waals surface area contributed by atoms with Crippen LogP contribution in [0.1, 0.15) is 32.6 Å². The summed E-state index contributed by atoms with van der Waals surface area (Å²) in [5.41, 5.74) is 0. The lowest BCUT2D eigenvalue weighted by Gasteiger charge is -2.12. The molecule has 1 rings (SSSR count). The van der Waals surface area contributed by atoms with Crippen LogP contribution in [0.2, 0.25) is 0 Å². The molecule has 0 aromatic rings. The van der Waals surface area contributed by atoms with Crippen molar-refractivity contribution in [3.8, 4) is 0 Å². The van der Waals surface area contributed by atoms with Crippen molar-refractivity contribution < 1.29 is 13.2 Å². The Morgan fingerprint density at radius 3 is 2.45 bits per heavy atom. The van der Waals surface area contributed by atoms with Gasteiger partial charge in [-0.15, -0.1) is 0 Å². The zero-order valence-corrected chi connectivity index (χ0v) is 14.5. The first kappa shape index (κ1) is 19.2. The molecule has 1 aliphatic carbocycles. The second kappa shape index (κ2) is 10.8. The maximum absolute atomic E-state index is 11.2. The van der Waals surface area contributed by atoms with Gasteiger partial charge in [0.25, 0.3) is 0 Å². The number of nitrogens with one attached hydrogen (secondary N) is 3. The Hall–Kier alpha value is -0.860. The Bertz CT molecular complexity index is 422. The van der Waals surface area contributed by atoms with Gasteiger partial charge in [-0.2, -0.15) is 0 Å². The molecule has 0 unspecified atom stereocenters. The van der Waals surface area contributed by atoms with Crippen molar-refractivity contribution in [2.45, 2.75) is 32.6 Å². The van der Waals surface area contributed by atoms with Crippen LogP contribution >= 0.6 is 0 Å². The summed E-state index contributed by atoms with van der Waals surface area (Å²) in [7, 11) is -1.37. The van der Waals surface area contributed by atoms with Gasteiger partial charge < -0.3 is 15.4 Å². The van der Waals surface area contributed by atoms with E-state index in [-0.39, 0.29) is 5.75 Å². The zero-order valence-electron chi connectivity index (χ0n) is 13.7. The van der Waals surface area contributed by atoms with Gasteiger partial charge in [-0.05, 0) is 38.5 Å². The van der Waals surface area contributed by atoms with Crippen LogP contribution in [-0.4, -0.2) is 60.0 Å². The summed E-state index contributed by atoms with van der Waals surface area (Å²) in [6.07, 6.45) is 4.31. The predicted molar refractivity (Wildman–Crippen MR) is 89.6 cm³/mol. The third-order valence-corrected chi connectivity index (χ3v) is 4.78. The van der Waals surface area contributed by atoms with Crippen LogP contribution in [0.5, 0.6) is 0 Å². The maximum atomic E-state index is 11.2. The molecule has 0 saturated heterocycles. The number of aliphatic imine (C=N–C) groups is 1. The molecule has 7 nitrogen and oxygen atoms in total. The smallest absolute Gasteiger partial charge is 0.211 e. The molecule has 0 amide bonds. The summed E-state index contributed by atoms with van der Waals surface area (Å²) in [5.74, 6) is 1.67. The summed E-state index contributed by atoms with van der Waals surface area (Å²) in [4.78, 5) is 4.12. The lowest BCUT2D eigenvalue weighted by molar-refractivity contribution is 0.123. The van der Waals surface area contributed by atoms with Gasteiger partial charge in [0.2, 0.25) is 10.0 Å². The van der Waals surface area contributed by atoms with E-state index in [9.17, 15) is 8.42 Å².